The van der Waals surface area contributed by atoms with Crippen LogP contribution in [0.25, 0.3) is 17.0 Å². The Balaban J connectivity index is 1.70. The van der Waals surface area contributed by atoms with Crippen molar-refractivity contribution in [1.82, 2.24) is 14.6 Å². The summed E-state index contributed by atoms with van der Waals surface area (Å²) in [5.41, 5.74) is 3.23. The molecule has 0 aliphatic carbocycles. The molecule has 0 radical (unpaired) electrons. The number of phenolic OH excluding ortho intramolecular Hbond substituents is 1. The van der Waals surface area contributed by atoms with Crippen LogP contribution in [0.3, 0.4) is 0 Å². The van der Waals surface area contributed by atoms with Crippen molar-refractivity contribution >= 4 is 17.0 Å². The van der Waals surface area contributed by atoms with Crippen LogP contribution in [-0.4, -0.2) is 30.8 Å². The topological polar surface area (TPSA) is 117 Å². The lowest BCUT2D eigenvalue weighted by atomic mass is 10.1. The first-order valence-electron chi connectivity index (χ1n) is 10.9. The van der Waals surface area contributed by atoms with Crippen LogP contribution in [0.5, 0.6) is 5.75 Å². The number of benzene rings is 3. The molecule has 180 valence electrons. The smallest absolute Gasteiger partial charge is 0.331 e. The fourth-order valence-corrected chi connectivity index (χ4v) is 3.81. The van der Waals surface area contributed by atoms with Crippen LogP contribution < -0.4 is 16.7 Å². The van der Waals surface area contributed by atoms with Crippen molar-refractivity contribution in [2.24, 2.45) is 0 Å². The van der Waals surface area contributed by atoms with E-state index in [1.165, 1.54) is 28.8 Å². The fourth-order valence-electron chi connectivity index (χ4n) is 3.81. The first kappa shape index (κ1) is 24.1. The molecule has 8 nitrogen and oxygen atoms in total. The molecule has 35 heavy (non-hydrogen) atoms. The van der Waals surface area contributed by atoms with Crippen molar-refractivity contribution in [2.75, 3.05) is 0 Å². The van der Waals surface area contributed by atoms with Gasteiger partial charge in [-0.1, -0.05) is 42.5 Å². The number of aromatic hydroxyl groups is 1. The Morgan fingerprint density at radius 2 is 1.63 bits per heavy atom. The van der Waals surface area contributed by atoms with E-state index >= 15 is 0 Å². The lowest BCUT2D eigenvalue weighted by molar-refractivity contribution is 0.0323. The largest absolute Gasteiger partial charge is 0.508 e. The quantitative estimate of drug-likeness (QED) is 0.229. The maximum atomic E-state index is 14.1. The van der Waals surface area contributed by atoms with Gasteiger partial charge in [-0.05, 0) is 59.5 Å². The lowest BCUT2D eigenvalue weighted by Gasteiger charge is -2.15. The number of nitrogens with zero attached hydrogens (tertiary/aromatic N) is 2. The van der Waals surface area contributed by atoms with E-state index in [0.717, 1.165) is 21.3 Å². The van der Waals surface area contributed by atoms with Gasteiger partial charge in [-0.2, -0.15) is 5.48 Å². The van der Waals surface area contributed by atoms with E-state index < -0.39 is 23.3 Å². The molecule has 0 spiro atoms. The zero-order valence-corrected chi connectivity index (χ0v) is 18.6. The number of rotatable bonds is 8. The number of hydrogen-bond donors (Lipinski definition) is 4. The van der Waals surface area contributed by atoms with Gasteiger partial charge in [0, 0.05) is 6.54 Å². The third-order valence-corrected chi connectivity index (χ3v) is 5.67. The molecule has 0 bridgehead atoms. The Hall–Kier alpha value is -4.05. The van der Waals surface area contributed by atoms with Crippen molar-refractivity contribution in [1.29, 1.82) is 0 Å². The third kappa shape index (κ3) is 5.55. The van der Waals surface area contributed by atoms with Crippen molar-refractivity contribution < 1.29 is 19.8 Å². The zero-order chi connectivity index (χ0) is 24.9. The first-order chi connectivity index (χ1) is 16.9. The predicted octanol–water partition coefficient (Wildman–Crippen LogP) is 2.61. The van der Waals surface area contributed by atoms with Gasteiger partial charge in [0.2, 0.25) is 0 Å². The molecule has 0 saturated carbocycles. The Kier molecular flexibility index (Phi) is 7.21. The van der Waals surface area contributed by atoms with Gasteiger partial charge < -0.3 is 15.4 Å². The second-order valence-corrected chi connectivity index (χ2v) is 8.08. The molecule has 4 rings (SSSR count). The standard InChI is InChI=1S/C26H24FN3O5/c27-20-8-11-22-23(15-20)30(16-19-3-1-17(2-4-19)7-12-24(32)28-35)26(34)29(25(22)33)14-13-18-5-9-21(31)10-6-18/h1-12,15,24,28,31-32,35H,13-14,16H2/b12-7+. The normalized spacial score (nSPS) is 12.4. The van der Waals surface area contributed by atoms with Crippen molar-refractivity contribution in [3.05, 3.63) is 116 Å². The molecule has 1 unspecified atom stereocenters. The average molecular weight is 477 g/mol. The van der Waals surface area contributed by atoms with Crippen LogP contribution in [0.1, 0.15) is 16.7 Å². The number of phenols is 1. The van der Waals surface area contributed by atoms with Gasteiger partial charge in [0.05, 0.1) is 17.4 Å². The van der Waals surface area contributed by atoms with E-state index in [4.69, 9.17) is 5.21 Å². The fraction of sp³-hybridized carbons (Fsp3) is 0.154. The number of aryl methyl sites for hydroxylation is 1. The predicted molar refractivity (Wildman–Crippen MR) is 130 cm³/mol. The Bertz CT molecular complexity index is 1470. The number of halogens is 1. The lowest BCUT2D eigenvalue weighted by Crippen LogP contribution is -2.40. The van der Waals surface area contributed by atoms with Gasteiger partial charge in [-0.15, -0.1) is 0 Å². The maximum absolute atomic E-state index is 14.1. The maximum Gasteiger partial charge on any atom is 0.331 e. The van der Waals surface area contributed by atoms with E-state index in [1.54, 1.807) is 60.1 Å². The minimum Gasteiger partial charge on any atom is -0.508 e. The Morgan fingerprint density at radius 1 is 0.943 bits per heavy atom. The summed E-state index contributed by atoms with van der Waals surface area (Å²) in [4.78, 5) is 26.4. The molecule has 4 N–H and O–H groups in total. The molecule has 0 fully saturated rings. The summed E-state index contributed by atoms with van der Waals surface area (Å²) < 4.78 is 16.6. The molecule has 1 aromatic heterocycles. The summed E-state index contributed by atoms with van der Waals surface area (Å²) in [5.74, 6) is -0.424. The first-order valence-corrected chi connectivity index (χ1v) is 10.9. The molecular formula is C26H24FN3O5. The van der Waals surface area contributed by atoms with Gasteiger partial charge in [0.15, 0.2) is 0 Å². The molecule has 0 aliphatic heterocycles. The Labute approximate surface area is 199 Å². The summed E-state index contributed by atoms with van der Waals surface area (Å²) in [6.45, 7) is 0.240. The number of aliphatic hydroxyl groups is 1. The molecule has 4 aromatic rings. The van der Waals surface area contributed by atoms with E-state index in [0.29, 0.717) is 6.42 Å². The molecule has 1 heterocycles. The molecular weight excluding hydrogens is 453 g/mol. The van der Waals surface area contributed by atoms with Crippen molar-refractivity contribution in [3.63, 3.8) is 0 Å². The second kappa shape index (κ2) is 10.5. The Morgan fingerprint density at radius 3 is 2.31 bits per heavy atom. The van der Waals surface area contributed by atoms with Crippen molar-refractivity contribution in [3.8, 4) is 5.75 Å². The van der Waals surface area contributed by atoms with Crippen LogP contribution in [0.15, 0.2) is 82.4 Å². The van der Waals surface area contributed by atoms with Crippen LogP contribution in [0.4, 0.5) is 4.39 Å². The number of aromatic nitrogens is 2. The van der Waals surface area contributed by atoms with Gasteiger partial charge in [0.25, 0.3) is 5.56 Å². The number of fused-ring (bicyclic) bond motifs is 1. The summed E-state index contributed by atoms with van der Waals surface area (Å²) in [6.07, 6.45) is 2.17. The number of hydroxylamine groups is 1. The summed E-state index contributed by atoms with van der Waals surface area (Å²) in [7, 11) is 0. The minimum atomic E-state index is -1.20. The molecule has 9 heteroatoms. The summed E-state index contributed by atoms with van der Waals surface area (Å²) in [5, 5.41) is 27.7. The van der Waals surface area contributed by atoms with E-state index in [1.807, 2.05) is 0 Å². The van der Waals surface area contributed by atoms with Crippen molar-refractivity contribution in [2.45, 2.75) is 25.7 Å². The number of nitrogens with one attached hydrogen (secondary N) is 1. The molecule has 1 atom stereocenters. The molecule has 0 saturated heterocycles. The monoisotopic (exact) mass is 477 g/mol. The molecule has 3 aromatic carbocycles. The zero-order valence-electron chi connectivity index (χ0n) is 18.6. The highest BCUT2D eigenvalue weighted by molar-refractivity contribution is 5.78. The van der Waals surface area contributed by atoms with Gasteiger partial charge in [-0.25, -0.2) is 9.18 Å². The SMILES string of the molecule is O=c1c2ccc(F)cc2n(Cc2ccc(/C=C/C(O)NO)cc2)c(=O)n1CCc1ccc(O)cc1. The highest BCUT2D eigenvalue weighted by Crippen LogP contribution is 2.15. The van der Waals surface area contributed by atoms with Crippen LogP contribution in [0, 0.1) is 5.82 Å². The summed E-state index contributed by atoms with van der Waals surface area (Å²) >= 11 is 0. The highest BCUT2D eigenvalue weighted by atomic mass is 19.1. The molecule has 0 amide bonds. The van der Waals surface area contributed by atoms with Crippen LogP contribution >= 0.6 is 0 Å². The van der Waals surface area contributed by atoms with Gasteiger partial charge in [0.1, 0.15) is 17.8 Å². The number of hydrogen-bond acceptors (Lipinski definition) is 6. The number of aliphatic hydroxyl groups excluding tert-OH is 1. The van der Waals surface area contributed by atoms with Gasteiger partial charge >= 0.3 is 5.69 Å². The van der Waals surface area contributed by atoms with E-state index in [-0.39, 0.29) is 29.7 Å². The third-order valence-electron chi connectivity index (χ3n) is 5.67. The van der Waals surface area contributed by atoms with E-state index in [9.17, 15) is 24.2 Å². The van der Waals surface area contributed by atoms with Crippen LogP contribution in [0.2, 0.25) is 0 Å². The van der Waals surface area contributed by atoms with Crippen LogP contribution in [-0.2, 0) is 19.5 Å². The second-order valence-electron chi connectivity index (χ2n) is 8.08. The minimum absolute atomic E-state index is 0.114. The van der Waals surface area contributed by atoms with Gasteiger partial charge in [-0.3, -0.25) is 13.9 Å². The summed E-state index contributed by atoms with van der Waals surface area (Å²) in [6, 6.07) is 17.4. The highest BCUT2D eigenvalue weighted by Gasteiger charge is 2.14. The van der Waals surface area contributed by atoms with E-state index in [2.05, 4.69) is 0 Å². The molecule has 0 aliphatic rings. The average Bonchev–Trinajstić information content (AvgIpc) is 2.86.